The Balaban J connectivity index is 1.73. The standard InChI is InChI=1S/C14H16Cl2N2O2S/c1-9-8-21-13(18-9)6-17-5-10(19)7-20-14-11(15)3-2-4-12(14)16/h2-4,8,10,17,19H,5-7H2,1H3. The number of aliphatic hydroxyl groups excluding tert-OH is 1. The van der Waals surface area contributed by atoms with Gasteiger partial charge in [-0.25, -0.2) is 4.98 Å². The van der Waals surface area contributed by atoms with Crippen LogP contribution in [0.1, 0.15) is 10.7 Å². The molecule has 2 N–H and O–H groups in total. The Kier molecular flexibility index (Phi) is 6.26. The topological polar surface area (TPSA) is 54.4 Å². The molecule has 0 saturated heterocycles. The Morgan fingerprint density at radius 3 is 2.71 bits per heavy atom. The Hall–Kier alpha value is -0.850. The van der Waals surface area contributed by atoms with Crippen molar-refractivity contribution in [2.75, 3.05) is 13.2 Å². The van der Waals surface area contributed by atoms with Crippen molar-refractivity contribution in [1.82, 2.24) is 10.3 Å². The van der Waals surface area contributed by atoms with E-state index >= 15 is 0 Å². The quantitative estimate of drug-likeness (QED) is 0.807. The summed E-state index contributed by atoms with van der Waals surface area (Å²) >= 11 is 13.6. The third kappa shape index (κ3) is 5.13. The largest absolute Gasteiger partial charge is 0.488 e. The van der Waals surface area contributed by atoms with Gasteiger partial charge in [-0.05, 0) is 19.1 Å². The summed E-state index contributed by atoms with van der Waals surface area (Å²) in [4.78, 5) is 4.33. The first kappa shape index (κ1) is 16.5. The van der Waals surface area contributed by atoms with Gasteiger partial charge in [0.2, 0.25) is 0 Å². The summed E-state index contributed by atoms with van der Waals surface area (Å²) in [6.07, 6.45) is -0.654. The van der Waals surface area contributed by atoms with E-state index in [1.54, 1.807) is 29.5 Å². The van der Waals surface area contributed by atoms with Gasteiger partial charge in [0.25, 0.3) is 0 Å². The average Bonchev–Trinajstić information content (AvgIpc) is 2.84. The number of aliphatic hydroxyl groups is 1. The fraction of sp³-hybridized carbons (Fsp3) is 0.357. The molecule has 0 aliphatic heterocycles. The minimum Gasteiger partial charge on any atom is -0.488 e. The smallest absolute Gasteiger partial charge is 0.156 e. The molecule has 0 fully saturated rings. The molecule has 7 heteroatoms. The molecule has 1 atom stereocenters. The number of hydrogen-bond donors (Lipinski definition) is 2. The van der Waals surface area contributed by atoms with E-state index < -0.39 is 6.10 Å². The number of nitrogens with one attached hydrogen (secondary N) is 1. The summed E-state index contributed by atoms with van der Waals surface area (Å²) in [5.41, 5.74) is 1.01. The second kappa shape index (κ2) is 7.96. The fourth-order valence-electron chi connectivity index (χ4n) is 1.69. The van der Waals surface area contributed by atoms with Gasteiger partial charge in [-0.15, -0.1) is 11.3 Å². The van der Waals surface area contributed by atoms with Crippen LogP contribution in [0.3, 0.4) is 0 Å². The minimum absolute atomic E-state index is 0.118. The van der Waals surface area contributed by atoms with Crippen LogP contribution in [0, 0.1) is 6.92 Å². The van der Waals surface area contributed by atoms with Crippen molar-refractivity contribution in [2.45, 2.75) is 19.6 Å². The molecule has 0 aliphatic carbocycles. The van der Waals surface area contributed by atoms with Gasteiger partial charge in [-0.3, -0.25) is 0 Å². The zero-order valence-electron chi connectivity index (χ0n) is 11.5. The van der Waals surface area contributed by atoms with Crippen LogP contribution >= 0.6 is 34.5 Å². The van der Waals surface area contributed by atoms with Gasteiger partial charge in [-0.1, -0.05) is 29.3 Å². The number of aromatic nitrogens is 1. The Labute approximate surface area is 137 Å². The molecule has 0 bridgehead atoms. The van der Waals surface area contributed by atoms with Gasteiger partial charge in [0.1, 0.15) is 17.7 Å². The molecule has 4 nitrogen and oxygen atoms in total. The molecule has 1 aromatic heterocycles. The summed E-state index contributed by atoms with van der Waals surface area (Å²) in [5.74, 6) is 0.399. The second-order valence-electron chi connectivity index (χ2n) is 4.53. The molecule has 0 saturated carbocycles. The molecule has 2 aromatic rings. The van der Waals surface area contributed by atoms with Crippen molar-refractivity contribution in [3.8, 4) is 5.75 Å². The van der Waals surface area contributed by atoms with Gasteiger partial charge in [0.05, 0.1) is 10.0 Å². The Morgan fingerprint density at radius 2 is 2.10 bits per heavy atom. The number of para-hydroxylation sites is 1. The van der Waals surface area contributed by atoms with Crippen LogP contribution in [0.5, 0.6) is 5.75 Å². The molecule has 0 amide bonds. The van der Waals surface area contributed by atoms with E-state index in [0.717, 1.165) is 10.7 Å². The number of ether oxygens (including phenoxy) is 1. The molecule has 0 aliphatic rings. The number of hydrogen-bond acceptors (Lipinski definition) is 5. The van der Waals surface area contributed by atoms with E-state index in [1.165, 1.54) is 0 Å². The maximum atomic E-state index is 9.88. The lowest BCUT2D eigenvalue weighted by atomic mass is 10.3. The highest BCUT2D eigenvalue weighted by molar-refractivity contribution is 7.09. The minimum atomic E-state index is -0.654. The third-order valence-corrected chi connectivity index (χ3v) is 4.22. The van der Waals surface area contributed by atoms with Crippen molar-refractivity contribution in [2.24, 2.45) is 0 Å². The van der Waals surface area contributed by atoms with Gasteiger partial charge in [0, 0.05) is 24.2 Å². The van der Waals surface area contributed by atoms with E-state index in [0.29, 0.717) is 28.9 Å². The molecule has 0 radical (unpaired) electrons. The maximum absolute atomic E-state index is 9.88. The van der Waals surface area contributed by atoms with Crippen LogP contribution in [-0.2, 0) is 6.54 Å². The molecule has 1 unspecified atom stereocenters. The summed E-state index contributed by atoms with van der Waals surface area (Å²) in [6.45, 7) is 3.10. The van der Waals surface area contributed by atoms with Crippen molar-refractivity contribution in [3.05, 3.63) is 44.3 Å². The zero-order valence-corrected chi connectivity index (χ0v) is 13.8. The Morgan fingerprint density at radius 1 is 1.38 bits per heavy atom. The molecule has 2 rings (SSSR count). The van der Waals surface area contributed by atoms with Crippen molar-refractivity contribution in [3.63, 3.8) is 0 Å². The van der Waals surface area contributed by atoms with E-state index in [1.807, 2.05) is 12.3 Å². The summed E-state index contributed by atoms with van der Waals surface area (Å²) in [6, 6.07) is 5.13. The first-order chi connectivity index (χ1) is 10.1. The van der Waals surface area contributed by atoms with E-state index in [2.05, 4.69) is 10.3 Å². The van der Waals surface area contributed by atoms with E-state index in [9.17, 15) is 5.11 Å². The first-order valence-corrected chi connectivity index (χ1v) is 8.06. The SMILES string of the molecule is Cc1csc(CNCC(O)COc2c(Cl)cccc2Cl)n1. The maximum Gasteiger partial charge on any atom is 0.156 e. The Bertz CT molecular complexity index is 572. The van der Waals surface area contributed by atoms with Gasteiger partial charge in [0.15, 0.2) is 5.75 Å². The fourth-order valence-corrected chi connectivity index (χ4v) is 2.94. The third-order valence-electron chi connectivity index (χ3n) is 2.66. The van der Waals surface area contributed by atoms with Crippen molar-refractivity contribution in [1.29, 1.82) is 0 Å². The van der Waals surface area contributed by atoms with Gasteiger partial charge < -0.3 is 15.2 Å². The lowest BCUT2D eigenvalue weighted by Crippen LogP contribution is -2.31. The molecule has 1 aromatic carbocycles. The summed E-state index contributed by atoms with van der Waals surface area (Å²) < 4.78 is 5.47. The number of aryl methyl sites for hydroxylation is 1. The van der Waals surface area contributed by atoms with Crippen LogP contribution in [0.15, 0.2) is 23.6 Å². The van der Waals surface area contributed by atoms with Crippen LogP contribution in [0.2, 0.25) is 10.0 Å². The predicted octanol–water partition coefficient (Wildman–Crippen LogP) is 3.29. The van der Waals surface area contributed by atoms with Crippen molar-refractivity contribution < 1.29 is 9.84 Å². The number of thiazole rings is 1. The molecule has 1 heterocycles. The van der Waals surface area contributed by atoms with Gasteiger partial charge >= 0.3 is 0 Å². The molecule has 21 heavy (non-hydrogen) atoms. The molecule has 0 spiro atoms. The lowest BCUT2D eigenvalue weighted by molar-refractivity contribution is 0.106. The highest BCUT2D eigenvalue weighted by Gasteiger charge is 2.10. The monoisotopic (exact) mass is 346 g/mol. The molecular formula is C14H16Cl2N2O2S. The van der Waals surface area contributed by atoms with Crippen LogP contribution in [0.4, 0.5) is 0 Å². The molecule has 114 valence electrons. The normalized spacial score (nSPS) is 12.4. The van der Waals surface area contributed by atoms with Crippen LogP contribution < -0.4 is 10.1 Å². The van der Waals surface area contributed by atoms with Crippen LogP contribution in [-0.4, -0.2) is 29.3 Å². The highest BCUT2D eigenvalue weighted by atomic mass is 35.5. The van der Waals surface area contributed by atoms with E-state index in [-0.39, 0.29) is 6.61 Å². The predicted molar refractivity (Wildman–Crippen MR) is 86.5 cm³/mol. The first-order valence-electron chi connectivity index (χ1n) is 6.43. The average molecular weight is 347 g/mol. The number of rotatable bonds is 7. The van der Waals surface area contributed by atoms with Crippen LogP contribution in [0.25, 0.3) is 0 Å². The number of halogens is 2. The van der Waals surface area contributed by atoms with Gasteiger partial charge in [-0.2, -0.15) is 0 Å². The number of benzene rings is 1. The molecular weight excluding hydrogens is 331 g/mol. The second-order valence-corrected chi connectivity index (χ2v) is 6.29. The zero-order chi connectivity index (χ0) is 15.2. The highest BCUT2D eigenvalue weighted by Crippen LogP contribution is 2.32. The summed E-state index contributed by atoms with van der Waals surface area (Å²) in [5, 5.41) is 16.9. The van der Waals surface area contributed by atoms with E-state index in [4.69, 9.17) is 27.9 Å². The van der Waals surface area contributed by atoms with Crippen molar-refractivity contribution >= 4 is 34.5 Å². The lowest BCUT2D eigenvalue weighted by Gasteiger charge is -2.14. The summed E-state index contributed by atoms with van der Waals surface area (Å²) in [7, 11) is 0. The number of nitrogens with zero attached hydrogens (tertiary/aromatic N) is 1.